The van der Waals surface area contributed by atoms with Gasteiger partial charge in [0.05, 0.1) is 0 Å². The number of carbonyl (C=O) groups excluding carboxylic acids is 1. The van der Waals surface area contributed by atoms with Gasteiger partial charge in [-0.3, -0.25) is 4.79 Å². The minimum Gasteiger partial charge on any atom is -0.367 e. The molecule has 6 nitrogen and oxygen atoms in total. The van der Waals surface area contributed by atoms with Crippen molar-refractivity contribution in [2.75, 3.05) is 12.3 Å². The van der Waals surface area contributed by atoms with Crippen LogP contribution in [0.3, 0.4) is 0 Å². The van der Waals surface area contributed by atoms with Gasteiger partial charge in [-0.2, -0.15) is 0 Å². The molecule has 0 radical (unpaired) electrons. The standard InChI is InChI=1S/C11H21N5O/c1-8(2)11(3,4)6-13-9(17)5-16-7-14-10(12)15-16/h7-8H,5-6H2,1-4H3,(H2,12,15)(H,13,17). The molecule has 1 aromatic heterocycles. The zero-order chi connectivity index (χ0) is 13.1. The van der Waals surface area contributed by atoms with Crippen molar-refractivity contribution in [2.24, 2.45) is 11.3 Å². The van der Waals surface area contributed by atoms with Crippen molar-refractivity contribution >= 4 is 11.9 Å². The Kier molecular flexibility index (Phi) is 4.09. The van der Waals surface area contributed by atoms with E-state index in [9.17, 15) is 4.79 Å². The van der Waals surface area contributed by atoms with Gasteiger partial charge in [-0.15, -0.1) is 5.10 Å². The molecule has 0 fully saturated rings. The molecular weight excluding hydrogens is 218 g/mol. The molecule has 1 rings (SSSR count). The number of aromatic nitrogens is 3. The Labute approximate surface area is 102 Å². The van der Waals surface area contributed by atoms with E-state index in [0.29, 0.717) is 12.5 Å². The van der Waals surface area contributed by atoms with Gasteiger partial charge in [0, 0.05) is 6.54 Å². The fraction of sp³-hybridized carbons (Fsp3) is 0.727. The van der Waals surface area contributed by atoms with Crippen LogP contribution >= 0.6 is 0 Å². The molecule has 0 aliphatic heterocycles. The van der Waals surface area contributed by atoms with Crippen LogP contribution in [0.25, 0.3) is 0 Å². The van der Waals surface area contributed by atoms with Gasteiger partial charge in [0.1, 0.15) is 12.9 Å². The number of carbonyl (C=O) groups is 1. The Balaban J connectivity index is 2.41. The van der Waals surface area contributed by atoms with E-state index < -0.39 is 0 Å². The van der Waals surface area contributed by atoms with Crippen LogP contribution in [0.1, 0.15) is 27.7 Å². The first-order chi connectivity index (χ1) is 7.81. The molecule has 0 aliphatic carbocycles. The highest BCUT2D eigenvalue weighted by atomic mass is 16.2. The topological polar surface area (TPSA) is 85.8 Å². The van der Waals surface area contributed by atoms with Crippen molar-refractivity contribution in [1.29, 1.82) is 0 Å². The van der Waals surface area contributed by atoms with Gasteiger partial charge in [0.25, 0.3) is 0 Å². The van der Waals surface area contributed by atoms with Crippen LogP contribution in [-0.2, 0) is 11.3 Å². The van der Waals surface area contributed by atoms with E-state index in [0.717, 1.165) is 0 Å². The smallest absolute Gasteiger partial charge is 0.241 e. The molecule has 96 valence electrons. The maximum absolute atomic E-state index is 11.7. The predicted molar refractivity (Wildman–Crippen MR) is 66.1 cm³/mol. The van der Waals surface area contributed by atoms with Gasteiger partial charge in [-0.05, 0) is 11.3 Å². The van der Waals surface area contributed by atoms with Gasteiger partial charge in [0.15, 0.2) is 0 Å². The molecule has 0 atom stereocenters. The Morgan fingerprint density at radius 3 is 2.71 bits per heavy atom. The fourth-order valence-electron chi connectivity index (χ4n) is 1.12. The first-order valence-corrected chi connectivity index (χ1v) is 5.73. The lowest BCUT2D eigenvalue weighted by Gasteiger charge is -2.29. The van der Waals surface area contributed by atoms with E-state index in [1.807, 2.05) is 0 Å². The first-order valence-electron chi connectivity index (χ1n) is 5.73. The number of rotatable bonds is 5. The normalized spacial score (nSPS) is 11.8. The van der Waals surface area contributed by atoms with Crippen molar-refractivity contribution < 1.29 is 4.79 Å². The third-order valence-electron chi connectivity index (χ3n) is 3.16. The van der Waals surface area contributed by atoms with Crippen molar-refractivity contribution in [3.05, 3.63) is 6.33 Å². The summed E-state index contributed by atoms with van der Waals surface area (Å²) in [5, 5.41) is 6.75. The third-order valence-corrected chi connectivity index (χ3v) is 3.16. The van der Waals surface area contributed by atoms with Gasteiger partial charge in [-0.1, -0.05) is 27.7 Å². The van der Waals surface area contributed by atoms with Crippen LogP contribution in [0.15, 0.2) is 6.33 Å². The SMILES string of the molecule is CC(C)C(C)(C)CNC(=O)Cn1cnc(N)n1. The summed E-state index contributed by atoms with van der Waals surface area (Å²) in [5.41, 5.74) is 5.44. The number of hydrogen-bond donors (Lipinski definition) is 2. The molecule has 1 amide bonds. The van der Waals surface area contributed by atoms with E-state index in [1.165, 1.54) is 11.0 Å². The highest BCUT2D eigenvalue weighted by Gasteiger charge is 2.22. The summed E-state index contributed by atoms with van der Waals surface area (Å²) in [4.78, 5) is 15.4. The van der Waals surface area contributed by atoms with Gasteiger partial charge < -0.3 is 11.1 Å². The van der Waals surface area contributed by atoms with Crippen LogP contribution in [0.5, 0.6) is 0 Å². The lowest BCUT2D eigenvalue weighted by atomic mass is 9.81. The number of nitrogens with one attached hydrogen (secondary N) is 1. The Morgan fingerprint density at radius 2 is 2.24 bits per heavy atom. The summed E-state index contributed by atoms with van der Waals surface area (Å²) < 4.78 is 1.42. The Hall–Kier alpha value is -1.59. The van der Waals surface area contributed by atoms with Crippen molar-refractivity contribution in [3.63, 3.8) is 0 Å². The van der Waals surface area contributed by atoms with Crippen LogP contribution in [0, 0.1) is 11.3 Å². The quantitative estimate of drug-likeness (QED) is 0.790. The van der Waals surface area contributed by atoms with E-state index in [-0.39, 0.29) is 23.8 Å². The van der Waals surface area contributed by atoms with Crippen LogP contribution in [0.4, 0.5) is 5.95 Å². The van der Waals surface area contributed by atoms with Crippen LogP contribution < -0.4 is 11.1 Å². The molecule has 0 saturated carbocycles. The molecule has 0 saturated heterocycles. The monoisotopic (exact) mass is 239 g/mol. The van der Waals surface area contributed by atoms with Crippen molar-refractivity contribution in [1.82, 2.24) is 20.1 Å². The average Bonchev–Trinajstić information content (AvgIpc) is 2.61. The zero-order valence-corrected chi connectivity index (χ0v) is 10.9. The maximum Gasteiger partial charge on any atom is 0.241 e. The van der Waals surface area contributed by atoms with E-state index in [1.54, 1.807) is 0 Å². The molecular formula is C11H21N5O. The average molecular weight is 239 g/mol. The Bertz CT molecular complexity index is 383. The molecule has 0 aromatic carbocycles. The van der Waals surface area contributed by atoms with Gasteiger partial charge in [-0.25, -0.2) is 9.67 Å². The van der Waals surface area contributed by atoms with E-state index in [4.69, 9.17) is 5.73 Å². The molecule has 1 heterocycles. The van der Waals surface area contributed by atoms with Crippen LogP contribution in [0.2, 0.25) is 0 Å². The second-order valence-corrected chi connectivity index (χ2v) is 5.22. The molecule has 1 aromatic rings. The molecule has 17 heavy (non-hydrogen) atoms. The number of anilines is 1. The lowest BCUT2D eigenvalue weighted by molar-refractivity contribution is -0.122. The second-order valence-electron chi connectivity index (χ2n) is 5.22. The molecule has 0 spiro atoms. The summed E-state index contributed by atoms with van der Waals surface area (Å²) in [7, 11) is 0. The van der Waals surface area contributed by atoms with Crippen molar-refractivity contribution in [3.8, 4) is 0 Å². The number of amides is 1. The van der Waals surface area contributed by atoms with Crippen molar-refractivity contribution in [2.45, 2.75) is 34.2 Å². The number of nitrogen functional groups attached to an aromatic ring is 1. The summed E-state index contributed by atoms with van der Waals surface area (Å²) in [5.74, 6) is 0.605. The summed E-state index contributed by atoms with van der Waals surface area (Å²) in [6.45, 7) is 9.34. The molecule has 0 bridgehead atoms. The second kappa shape index (κ2) is 5.16. The maximum atomic E-state index is 11.7. The predicted octanol–water partition coefficient (Wildman–Crippen LogP) is 0.659. The third kappa shape index (κ3) is 4.05. The number of hydrogen-bond acceptors (Lipinski definition) is 4. The summed E-state index contributed by atoms with van der Waals surface area (Å²) >= 11 is 0. The number of nitrogens with zero attached hydrogens (tertiary/aromatic N) is 3. The lowest BCUT2D eigenvalue weighted by Crippen LogP contribution is -2.38. The Morgan fingerprint density at radius 1 is 1.59 bits per heavy atom. The zero-order valence-electron chi connectivity index (χ0n) is 10.9. The largest absolute Gasteiger partial charge is 0.367 e. The fourth-order valence-corrected chi connectivity index (χ4v) is 1.12. The molecule has 6 heteroatoms. The minimum absolute atomic E-state index is 0.0800. The summed E-state index contributed by atoms with van der Waals surface area (Å²) in [6.07, 6.45) is 1.45. The minimum atomic E-state index is -0.0800. The first kappa shape index (κ1) is 13.5. The van der Waals surface area contributed by atoms with Gasteiger partial charge in [0.2, 0.25) is 11.9 Å². The molecule has 0 unspecified atom stereocenters. The van der Waals surface area contributed by atoms with E-state index in [2.05, 4.69) is 43.1 Å². The highest BCUT2D eigenvalue weighted by Crippen LogP contribution is 2.24. The highest BCUT2D eigenvalue weighted by molar-refractivity contribution is 5.75. The van der Waals surface area contributed by atoms with E-state index >= 15 is 0 Å². The summed E-state index contributed by atoms with van der Waals surface area (Å²) in [6, 6.07) is 0. The molecule has 0 aliphatic rings. The van der Waals surface area contributed by atoms with Gasteiger partial charge >= 0.3 is 0 Å². The van der Waals surface area contributed by atoms with Crippen LogP contribution in [-0.4, -0.2) is 27.2 Å². The molecule has 3 N–H and O–H groups in total. The number of nitrogens with two attached hydrogens (primary N) is 1.